The van der Waals surface area contributed by atoms with Gasteiger partial charge in [0.05, 0.1) is 20.3 Å². The Balaban J connectivity index is 2.26. The van der Waals surface area contributed by atoms with E-state index in [1.54, 1.807) is 18.2 Å². The molecular weight excluding hydrogens is 272 g/mol. The highest BCUT2D eigenvalue weighted by Gasteiger charge is 2.11. The number of ether oxygens (including phenoxy) is 2. The molecule has 1 heterocycles. The Kier molecular flexibility index (Phi) is 4.22. The minimum Gasteiger partial charge on any atom is -0.481 e. The number of hydrogen-bond acceptors (Lipinski definition) is 6. The summed E-state index contributed by atoms with van der Waals surface area (Å²) in [5, 5.41) is 2.59. The number of aromatic nitrogens is 2. The highest BCUT2D eigenvalue weighted by Crippen LogP contribution is 2.18. The maximum absolute atomic E-state index is 12.2. The van der Waals surface area contributed by atoms with Crippen molar-refractivity contribution in [1.82, 2.24) is 9.97 Å². The molecule has 0 aliphatic rings. The zero-order chi connectivity index (χ0) is 15.4. The van der Waals surface area contributed by atoms with Gasteiger partial charge in [-0.1, -0.05) is 0 Å². The highest BCUT2D eigenvalue weighted by molar-refractivity contribution is 6.04. The first-order valence-electron chi connectivity index (χ1n) is 6.17. The molecule has 0 spiro atoms. The topological polar surface area (TPSA) is 99.4 Å². The number of anilines is 2. The fourth-order valence-corrected chi connectivity index (χ4v) is 1.79. The molecule has 110 valence electrons. The number of hydrogen-bond donors (Lipinski definition) is 2. The number of aryl methyl sites for hydroxylation is 1. The van der Waals surface area contributed by atoms with E-state index in [9.17, 15) is 4.79 Å². The van der Waals surface area contributed by atoms with E-state index in [1.807, 2.05) is 6.92 Å². The molecule has 0 radical (unpaired) electrons. The highest BCUT2D eigenvalue weighted by atomic mass is 16.5. The molecule has 0 aliphatic heterocycles. The Morgan fingerprint density at radius 3 is 2.24 bits per heavy atom. The lowest BCUT2D eigenvalue weighted by Crippen LogP contribution is -2.15. The van der Waals surface area contributed by atoms with Crippen molar-refractivity contribution in [1.29, 1.82) is 0 Å². The third kappa shape index (κ3) is 3.59. The van der Waals surface area contributed by atoms with Crippen molar-refractivity contribution in [2.45, 2.75) is 6.92 Å². The average molecular weight is 288 g/mol. The number of methoxy groups -OCH3 is 2. The number of rotatable bonds is 4. The zero-order valence-corrected chi connectivity index (χ0v) is 12.0. The summed E-state index contributed by atoms with van der Waals surface area (Å²) in [4.78, 5) is 20.3. The molecule has 0 bridgehead atoms. The smallest absolute Gasteiger partial charge is 0.258 e. The van der Waals surface area contributed by atoms with E-state index < -0.39 is 0 Å². The first-order chi connectivity index (χ1) is 10.0. The standard InChI is InChI=1S/C14H16N4O3/c1-8-4-9(6-10(15)5-8)13(19)18-14-16-11(20-2)7-12(17-14)21-3/h4-7H,15H2,1-3H3,(H,16,17,18,19). The Morgan fingerprint density at radius 1 is 1.10 bits per heavy atom. The van der Waals surface area contributed by atoms with Gasteiger partial charge in [-0.3, -0.25) is 10.1 Å². The number of carbonyl (C=O) groups is 1. The van der Waals surface area contributed by atoms with Crippen molar-refractivity contribution in [2.24, 2.45) is 0 Å². The molecule has 2 aromatic rings. The molecule has 0 atom stereocenters. The second-order valence-corrected chi connectivity index (χ2v) is 4.36. The molecule has 1 aromatic heterocycles. The normalized spacial score (nSPS) is 10.0. The minimum atomic E-state index is -0.360. The van der Waals surface area contributed by atoms with Gasteiger partial charge in [0.2, 0.25) is 17.7 Å². The summed E-state index contributed by atoms with van der Waals surface area (Å²) in [5.74, 6) is 0.318. The number of nitrogen functional groups attached to an aromatic ring is 1. The molecule has 0 aliphatic carbocycles. The van der Waals surface area contributed by atoms with Gasteiger partial charge in [-0.05, 0) is 30.7 Å². The first kappa shape index (κ1) is 14.6. The van der Waals surface area contributed by atoms with Gasteiger partial charge < -0.3 is 15.2 Å². The van der Waals surface area contributed by atoms with E-state index in [-0.39, 0.29) is 11.9 Å². The van der Waals surface area contributed by atoms with Crippen LogP contribution in [0.5, 0.6) is 11.8 Å². The van der Waals surface area contributed by atoms with Crippen LogP contribution in [0.1, 0.15) is 15.9 Å². The molecule has 0 saturated carbocycles. The average Bonchev–Trinajstić information content (AvgIpc) is 2.45. The van der Waals surface area contributed by atoms with Crippen molar-refractivity contribution in [3.63, 3.8) is 0 Å². The molecule has 3 N–H and O–H groups in total. The summed E-state index contributed by atoms with van der Waals surface area (Å²) in [6, 6.07) is 6.60. The maximum Gasteiger partial charge on any atom is 0.258 e. The number of nitrogens with one attached hydrogen (secondary N) is 1. The van der Waals surface area contributed by atoms with Crippen LogP contribution in [-0.2, 0) is 0 Å². The predicted octanol–water partition coefficient (Wildman–Crippen LogP) is 1.64. The quantitative estimate of drug-likeness (QED) is 0.830. The Hall–Kier alpha value is -2.83. The lowest BCUT2D eigenvalue weighted by Gasteiger charge is -2.08. The van der Waals surface area contributed by atoms with Gasteiger partial charge in [-0.2, -0.15) is 9.97 Å². The molecule has 0 unspecified atom stereocenters. The zero-order valence-electron chi connectivity index (χ0n) is 12.0. The number of nitrogens with zero attached hydrogens (tertiary/aromatic N) is 2. The van der Waals surface area contributed by atoms with Crippen molar-refractivity contribution in [3.05, 3.63) is 35.4 Å². The van der Waals surface area contributed by atoms with Crippen molar-refractivity contribution >= 4 is 17.5 Å². The molecule has 1 aromatic carbocycles. The summed E-state index contributed by atoms with van der Waals surface area (Å²) in [5.41, 5.74) is 7.57. The van der Waals surface area contributed by atoms with Crippen LogP contribution in [0.3, 0.4) is 0 Å². The van der Waals surface area contributed by atoms with Gasteiger partial charge in [0.1, 0.15) is 0 Å². The first-order valence-corrected chi connectivity index (χ1v) is 6.17. The van der Waals surface area contributed by atoms with E-state index in [0.717, 1.165) is 5.56 Å². The van der Waals surface area contributed by atoms with Crippen molar-refractivity contribution in [3.8, 4) is 11.8 Å². The monoisotopic (exact) mass is 288 g/mol. The lowest BCUT2D eigenvalue weighted by atomic mass is 10.1. The van der Waals surface area contributed by atoms with E-state index in [0.29, 0.717) is 23.0 Å². The summed E-state index contributed by atoms with van der Waals surface area (Å²) >= 11 is 0. The maximum atomic E-state index is 12.2. The van der Waals surface area contributed by atoms with Crippen LogP contribution in [0, 0.1) is 6.92 Å². The molecule has 1 amide bonds. The van der Waals surface area contributed by atoms with Crippen LogP contribution in [0.15, 0.2) is 24.3 Å². The van der Waals surface area contributed by atoms with Gasteiger partial charge in [-0.25, -0.2) is 0 Å². The summed E-state index contributed by atoms with van der Waals surface area (Å²) < 4.78 is 10.0. The molecule has 0 saturated heterocycles. The van der Waals surface area contributed by atoms with Crippen LogP contribution in [0.2, 0.25) is 0 Å². The molecule has 7 heteroatoms. The largest absolute Gasteiger partial charge is 0.481 e. The molecule has 2 rings (SSSR count). The number of amides is 1. The Morgan fingerprint density at radius 2 is 1.71 bits per heavy atom. The number of nitrogens with two attached hydrogens (primary N) is 1. The van der Waals surface area contributed by atoms with Crippen LogP contribution in [0.25, 0.3) is 0 Å². The van der Waals surface area contributed by atoms with Crippen molar-refractivity contribution in [2.75, 3.05) is 25.3 Å². The lowest BCUT2D eigenvalue weighted by molar-refractivity contribution is 0.102. The van der Waals surface area contributed by atoms with Gasteiger partial charge in [0.25, 0.3) is 5.91 Å². The molecule has 7 nitrogen and oxygen atoms in total. The van der Waals surface area contributed by atoms with Crippen molar-refractivity contribution < 1.29 is 14.3 Å². The molecule has 0 fully saturated rings. The van der Waals surface area contributed by atoms with E-state index in [1.165, 1.54) is 20.3 Å². The Labute approximate surface area is 122 Å². The predicted molar refractivity (Wildman–Crippen MR) is 78.7 cm³/mol. The van der Waals surface area contributed by atoms with Crippen LogP contribution < -0.4 is 20.5 Å². The third-order valence-electron chi connectivity index (χ3n) is 2.68. The summed E-state index contributed by atoms with van der Waals surface area (Å²) in [6.07, 6.45) is 0. The van der Waals surface area contributed by atoms with E-state index >= 15 is 0 Å². The van der Waals surface area contributed by atoms with Gasteiger partial charge in [0, 0.05) is 11.3 Å². The fraction of sp³-hybridized carbons (Fsp3) is 0.214. The Bertz CT molecular complexity index is 631. The van der Waals surface area contributed by atoms with Gasteiger partial charge in [-0.15, -0.1) is 0 Å². The van der Waals surface area contributed by atoms with Crippen LogP contribution in [-0.4, -0.2) is 30.1 Å². The summed E-state index contributed by atoms with van der Waals surface area (Å²) in [7, 11) is 2.93. The van der Waals surface area contributed by atoms with E-state index in [2.05, 4.69) is 15.3 Å². The fourth-order valence-electron chi connectivity index (χ4n) is 1.79. The van der Waals surface area contributed by atoms with Crippen LogP contribution in [0.4, 0.5) is 11.6 Å². The van der Waals surface area contributed by atoms with Gasteiger partial charge >= 0.3 is 0 Å². The second kappa shape index (κ2) is 6.08. The summed E-state index contributed by atoms with van der Waals surface area (Å²) in [6.45, 7) is 1.86. The van der Waals surface area contributed by atoms with Gasteiger partial charge in [0.15, 0.2) is 0 Å². The number of benzene rings is 1. The minimum absolute atomic E-state index is 0.0938. The second-order valence-electron chi connectivity index (χ2n) is 4.36. The molecular formula is C14H16N4O3. The SMILES string of the molecule is COc1cc(OC)nc(NC(=O)c2cc(C)cc(N)c2)n1. The molecule has 21 heavy (non-hydrogen) atoms. The van der Waals surface area contributed by atoms with Crippen LogP contribution >= 0.6 is 0 Å². The van der Waals surface area contributed by atoms with E-state index in [4.69, 9.17) is 15.2 Å². The number of carbonyl (C=O) groups excluding carboxylic acids is 1. The third-order valence-corrected chi connectivity index (χ3v) is 2.68.